The Labute approximate surface area is 222 Å². The van der Waals surface area contributed by atoms with Crippen LogP contribution in [0.4, 0.5) is 5.69 Å². The molecule has 4 heterocycles. The Morgan fingerprint density at radius 2 is 1.26 bits per heavy atom. The largest absolute Gasteiger partial charge is 0.268 e. The Balaban J connectivity index is 1.49. The molecule has 8 rings (SSSR count). The molecular weight excluding hydrogens is 525 g/mol. The van der Waals surface area contributed by atoms with Crippen LogP contribution in [0.3, 0.4) is 0 Å². The van der Waals surface area contributed by atoms with E-state index in [1.165, 1.54) is 4.40 Å². The third kappa shape index (κ3) is 2.60. The standard InChI is InChI=1S/C28H11Cl2N5O3/c29-17-10-19-20(11-18(17)30)32-25-23(31-19)33-24-13-6-7-15-22-16(9-8-14(21(13)22)28(38)35(24)25)27(37)34(26(15)36)12-4-2-1-3-5-12/h1-11H. The fraction of sp³-hybridized carbons (Fsp3) is 0. The number of carbonyl (C=O) groups excluding carboxylic acids is 2. The molecule has 0 radical (unpaired) electrons. The summed E-state index contributed by atoms with van der Waals surface area (Å²) in [6, 6.07) is 18.6. The number of hydrogen-bond acceptors (Lipinski definition) is 6. The molecule has 0 N–H and O–H groups in total. The number of para-hydroxylation sites is 1. The van der Waals surface area contributed by atoms with Gasteiger partial charge in [0.25, 0.3) is 17.4 Å². The van der Waals surface area contributed by atoms with Crippen LogP contribution < -0.4 is 10.5 Å². The second-order valence-corrected chi connectivity index (χ2v) is 9.87. The second kappa shape index (κ2) is 7.22. The van der Waals surface area contributed by atoms with E-state index in [-0.39, 0.29) is 16.9 Å². The van der Waals surface area contributed by atoms with Gasteiger partial charge < -0.3 is 0 Å². The second-order valence-electron chi connectivity index (χ2n) is 9.05. The maximum atomic E-state index is 13.8. The van der Waals surface area contributed by atoms with Gasteiger partial charge in [-0.25, -0.2) is 24.3 Å². The average Bonchev–Trinajstić information content (AvgIpc) is 3.29. The summed E-state index contributed by atoms with van der Waals surface area (Å²) in [4.78, 5) is 56.0. The smallest absolute Gasteiger partial charge is 0.266 e. The first kappa shape index (κ1) is 21.4. The van der Waals surface area contributed by atoms with Crippen LogP contribution >= 0.6 is 23.2 Å². The number of amides is 2. The summed E-state index contributed by atoms with van der Waals surface area (Å²) in [6.07, 6.45) is 0. The molecule has 0 spiro atoms. The molecule has 2 amide bonds. The minimum Gasteiger partial charge on any atom is -0.268 e. The fourth-order valence-corrected chi connectivity index (χ4v) is 5.68. The highest BCUT2D eigenvalue weighted by Crippen LogP contribution is 2.38. The van der Waals surface area contributed by atoms with E-state index in [0.29, 0.717) is 65.1 Å². The van der Waals surface area contributed by atoms with Crippen molar-refractivity contribution in [2.24, 2.45) is 0 Å². The molecule has 3 aromatic heterocycles. The Hall–Kier alpha value is -4.66. The summed E-state index contributed by atoms with van der Waals surface area (Å²) in [7, 11) is 0. The number of carbonyl (C=O) groups is 2. The molecular formula is C28H11Cl2N5O3. The van der Waals surface area contributed by atoms with E-state index >= 15 is 0 Å². The molecule has 7 aromatic rings. The summed E-state index contributed by atoms with van der Waals surface area (Å²) in [5.74, 6) is -0.903. The van der Waals surface area contributed by atoms with Crippen LogP contribution in [-0.4, -0.2) is 31.2 Å². The molecule has 1 aliphatic heterocycles. The van der Waals surface area contributed by atoms with Gasteiger partial charge in [0.05, 0.1) is 26.8 Å². The third-order valence-electron chi connectivity index (χ3n) is 7.02. The van der Waals surface area contributed by atoms with E-state index in [9.17, 15) is 14.4 Å². The van der Waals surface area contributed by atoms with Crippen LogP contribution in [0.15, 0.2) is 71.5 Å². The topological polar surface area (TPSA) is 97.5 Å². The molecule has 10 heteroatoms. The van der Waals surface area contributed by atoms with E-state index < -0.39 is 11.8 Å². The average molecular weight is 536 g/mol. The highest BCUT2D eigenvalue weighted by molar-refractivity contribution is 6.42. The molecule has 180 valence electrons. The van der Waals surface area contributed by atoms with Crippen LogP contribution in [0.1, 0.15) is 20.7 Å². The lowest BCUT2D eigenvalue weighted by Gasteiger charge is -2.27. The SMILES string of the molecule is O=C1c2ccc3c(=O)n4c5nc6cc(Cl)c(Cl)cc6nc5nc4c4ccc(c2c34)C(=O)N1c1ccccc1. The van der Waals surface area contributed by atoms with Crippen LogP contribution in [0.5, 0.6) is 0 Å². The molecule has 0 saturated carbocycles. The zero-order valence-corrected chi connectivity index (χ0v) is 20.6. The maximum Gasteiger partial charge on any atom is 0.266 e. The molecule has 4 aromatic carbocycles. The number of fused-ring (bicyclic) bond motifs is 5. The third-order valence-corrected chi connectivity index (χ3v) is 7.74. The molecule has 1 aliphatic rings. The first-order valence-corrected chi connectivity index (χ1v) is 12.3. The Morgan fingerprint density at radius 1 is 0.632 bits per heavy atom. The van der Waals surface area contributed by atoms with Crippen molar-refractivity contribution in [2.45, 2.75) is 0 Å². The number of benzene rings is 4. The number of pyridine rings is 1. The van der Waals surface area contributed by atoms with E-state index in [1.807, 2.05) is 6.07 Å². The molecule has 0 fully saturated rings. The number of anilines is 1. The number of nitrogens with zero attached hydrogens (tertiary/aromatic N) is 5. The van der Waals surface area contributed by atoms with Gasteiger partial charge >= 0.3 is 0 Å². The van der Waals surface area contributed by atoms with Crippen molar-refractivity contribution >= 4 is 90.2 Å². The minimum absolute atomic E-state index is 0.263. The summed E-state index contributed by atoms with van der Waals surface area (Å²) in [5.41, 5.74) is 2.61. The number of halogens is 2. The lowest BCUT2D eigenvalue weighted by Crippen LogP contribution is -2.40. The molecule has 0 unspecified atom stereocenters. The predicted octanol–water partition coefficient (Wildman–Crippen LogP) is 5.64. The van der Waals surface area contributed by atoms with E-state index in [4.69, 9.17) is 23.2 Å². The van der Waals surface area contributed by atoms with Gasteiger partial charge in [0.15, 0.2) is 16.9 Å². The monoisotopic (exact) mass is 535 g/mol. The first-order chi connectivity index (χ1) is 18.4. The van der Waals surface area contributed by atoms with Gasteiger partial charge in [0.1, 0.15) is 0 Å². The summed E-state index contributed by atoms with van der Waals surface area (Å²) < 4.78 is 1.41. The predicted molar refractivity (Wildman–Crippen MR) is 146 cm³/mol. The molecule has 0 atom stereocenters. The molecule has 38 heavy (non-hydrogen) atoms. The number of imidazole rings is 1. The quantitative estimate of drug-likeness (QED) is 0.252. The Morgan fingerprint density at radius 3 is 1.95 bits per heavy atom. The maximum absolute atomic E-state index is 13.8. The van der Waals surface area contributed by atoms with E-state index in [1.54, 1.807) is 60.7 Å². The van der Waals surface area contributed by atoms with E-state index in [0.717, 1.165) is 4.90 Å². The Bertz CT molecular complexity index is 2260. The highest BCUT2D eigenvalue weighted by Gasteiger charge is 2.35. The van der Waals surface area contributed by atoms with Gasteiger partial charge in [0.2, 0.25) is 0 Å². The lowest BCUT2D eigenvalue weighted by atomic mass is 9.90. The minimum atomic E-state index is -0.452. The highest BCUT2D eigenvalue weighted by atomic mass is 35.5. The molecule has 0 bridgehead atoms. The van der Waals surface area contributed by atoms with Crippen molar-refractivity contribution in [3.63, 3.8) is 0 Å². The molecule has 8 nitrogen and oxygen atoms in total. The van der Waals surface area contributed by atoms with Crippen LogP contribution in [0, 0.1) is 0 Å². The number of rotatable bonds is 1. The van der Waals surface area contributed by atoms with Crippen molar-refractivity contribution in [1.29, 1.82) is 0 Å². The molecule has 0 aliphatic carbocycles. The van der Waals surface area contributed by atoms with Crippen molar-refractivity contribution in [2.75, 3.05) is 4.90 Å². The van der Waals surface area contributed by atoms with Gasteiger partial charge in [-0.3, -0.25) is 14.4 Å². The van der Waals surface area contributed by atoms with Gasteiger partial charge in [-0.15, -0.1) is 0 Å². The van der Waals surface area contributed by atoms with Crippen LogP contribution in [0.2, 0.25) is 10.0 Å². The van der Waals surface area contributed by atoms with Crippen molar-refractivity contribution in [3.8, 4) is 0 Å². The van der Waals surface area contributed by atoms with Crippen molar-refractivity contribution < 1.29 is 9.59 Å². The first-order valence-electron chi connectivity index (χ1n) is 11.6. The van der Waals surface area contributed by atoms with Gasteiger partial charge in [0, 0.05) is 32.7 Å². The Kier molecular flexibility index (Phi) is 4.07. The number of imide groups is 1. The van der Waals surface area contributed by atoms with Crippen LogP contribution in [0.25, 0.3) is 49.5 Å². The number of aromatic nitrogens is 4. The zero-order valence-electron chi connectivity index (χ0n) is 19.1. The zero-order chi connectivity index (χ0) is 25.9. The van der Waals surface area contributed by atoms with Gasteiger partial charge in [-0.2, -0.15) is 0 Å². The normalized spacial score (nSPS) is 13.7. The van der Waals surface area contributed by atoms with Crippen molar-refractivity contribution in [3.05, 3.63) is 98.3 Å². The van der Waals surface area contributed by atoms with E-state index in [2.05, 4.69) is 15.0 Å². The molecule has 0 saturated heterocycles. The number of hydrogen-bond donors (Lipinski definition) is 0. The van der Waals surface area contributed by atoms with Crippen LogP contribution in [-0.2, 0) is 0 Å². The van der Waals surface area contributed by atoms with Crippen molar-refractivity contribution in [1.82, 2.24) is 19.4 Å². The van der Waals surface area contributed by atoms with Gasteiger partial charge in [-0.1, -0.05) is 41.4 Å². The fourth-order valence-electron chi connectivity index (χ4n) is 5.36. The summed E-state index contributed by atoms with van der Waals surface area (Å²) in [5, 5.41) is 2.56. The van der Waals surface area contributed by atoms with Gasteiger partial charge in [-0.05, 0) is 48.5 Å². The lowest BCUT2D eigenvalue weighted by molar-refractivity contribution is 0.0893. The summed E-state index contributed by atoms with van der Waals surface area (Å²) in [6.45, 7) is 0. The summed E-state index contributed by atoms with van der Waals surface area (Å²) >= 11 is 12.3.